The van der Waals surface area contributed by atoms with Crippen molar-refractivity contribution in [1.82, 2.24) is 0 Å². The third-order valence-corrected chi connectivity index (χ3v) is 22.7. The summed E-state index contributed by atoms with van der Waals surface area (Å²) in [7, 11) is -9.93. The maximum atomic E-state index is 13.2. The van der Waals surface area contributed by atoms with Crippen molar-refractivity contribution in [2.24, 2.45) is 5.92 Å². The van der Waals surface area contributed by atoms with Crippen molar-refractivity contribution in [3.05, 3.63) is 0 Å². The van der Waals surface area contributed by atoms with Crippen LogP contribution in [0.1, 0.15) is 478 Å². The lowest BCUT2D eigenvalue weighted by Gasteiger charge is -2.21. The van der Waals surface area contributed by atoms with E-state index in [1.807, 2.05) is 0 Å². The van der Waals surface area contributed by atoms with Crippen molar-refractivity contribution in [2.75, 3.05) is 39.6 Å². The summed E-state index contributed by atoms with van der Waals surface area (Å²) in [6.45, 7) is 7.38. The highest BCUT2D eigenvalue weighted by molar-refractivity contribution is 7.47. The number of aliphatic hydroxyl groups excluding tert-OH is 1. The van der Waals surface area contributed by atoms with Crippen LogP contribution in [0, 0.1) is 5.92 Å². The Morgan fingerprint density at radius 1 is 0.252 bits per heavy atom. The van der Waals surface area contributed by atoms with Gasteiger partial charge < -0.3 is 33.8 Å². The number of ether oxygens (including phenoxy) is 4. The van der Waals surface area contributed by atoms with Crippen molar-refractivity contribution in [2.45, 2.75) is 496 Å². The zero-order valence-electron chi connectivity index (χ0n) is 70.3. The monoisotopic (exact) mass is 1560 g/mol. The molecule has 0 heterocycles. The van der Waals surface area contributed by atoms with Crippen molar-refractivity contribution in [1.29, 1.82) is 0 Å². The average molecular weight is 1560 g/mol. The molecule has 107 heavy (non-hydrogen) atoms. The summed E-state index contributed by atoms with van der Waals surface area (Å²) < 4.78 is 69.0. The molecule has 0 aliphatic carbocycles. The summed E-state index contributed by atoms with van der Waals surface area (Å²) in [6.07, 6.45) is 75.0. The van der Waals surface area contributed by atoms with Crippen LogP contribution in [0.4, 0.5) is 0 Å². The first-order chi connectivity index (χ1) is 52.0. The number of phosphoric ester groups is 2. The molecule has 0 aromatic heterocycles. The summed E-state index contributed by atoms with van der Waals surface area (Å²) in [5.41, 5.74) is 0. The van der Waals surface area contributed by atoms with Gasteiger partial charge in [0.15, 0.2) is 12.2 Å². The molecule has 17 nitrogen and oxygen atoms in total. The van der Waals surface area contributed by atoms with E-state index in [2.05, 4.69) is 34.6 Å². The van der Waals surface area contributed by atoms with Crippen LogP contribution < -0.4 is 0 Å². The fourth-order valence-electron chi connectivity index (χ4n) is 13.8. The van der Waals surface area contributed by atoms with E-state index < -0.39 is 97.5 Å². The van der Waals surface area contributed by atoms with Crippen LogP contribution in [0.5, 0.6) is 0 Å². The van der Waals surface area contributed by atoms with E-state index >= 15 is 0 Å². The number of hydrogen-bond acceptors (Lipinski definition) is 15. The van der Waals surface area contributed by atoms with Gasteiger partial charge in [-0.15, -0.1) is 0 Å². The Labute approximate surface area is 658 Å². The Morgan fingerprint density at radius 2 is 0.430 bits per heavy atom. The van der Waals surface area contributed by atoms with Gasteiger partial charge in [0.25, 0.3) is 0 Å². The lowest BCUT2D eigenvalue weighted by molar-refractivity contribution is -0.161. The van der Waals surface area contributed by atoms with E-state index in [9.17, 15) is 43.2 Å². The third-order valence-electron chi connectivity index (χ3n) is 20.8. The quantitative estimate of drug-likeness (QED) is 0.0222. The van der Waals surface area contributed by atoms with Gasteiger partial charge in [-0.1, -0.05) is 426 Å². The van der Waals surface area contributed by atoms with E-state index in [-0.39, 0.29) is 25.7 Å². The van der Waals surface area contributed by atoms with Gasteiger partial charge in [0.1, 0.15) is 19.3 Å². The average Bonchev–Trinajstić information content (AvgIpc) is 0.900. The summed E-state index contributed by atoms with van der Waals surface area (Å²) in [4.78, 5) is 73.3. The second-order valence-electron chi connectivity index (χ2n) is 32.1. The number of unbranched alkanes of at least 4 members (excludes halogenated alkanes) is 60. The van der Waals surface area contributed by atoms with Crippen molar-refractivity contribution < 1.29 is 80.2 Å². The van der Waals surface area contributed by atoms with Gasteiger partial charge in [0, 0.05) is 25.7 Å². The molecule has 0 fully saturated rings. The number of phosphoric acid groups is 2. The molecule has 0 bridgehead atoms. The molecule has 0 radical (unpaired) electrons. The molecule has 0 rings (SSSR count). The van der Waals surface area contributed by atoms with Gasteiger partial charge in [0.05, 0.1) is 26.4 Å². The number of hydrogen-bond donors (Lipinski definition) is 3. The standard InChI is InChI=1S/C88H172O17P2/c1-6-9-12-15-18-21-24-27-29-31-33-34-35-36-38-40-42-48-53-58-63-68-73-87(92)104-84(78-99-86(91)72-67-62-57-52-47-41-39-37-32-30-28-25-22-19-16-13-10-7-2)80-103-107(96,97)101-76-82(89)75-100-106(94,95)102-79-83(77-98-85(90)71-66-61-56-51-46-26-23-20-17-14-11-8-3)105-88(93)74-69-64-59-54-49-44-43-45-50-55-60-65-70-81(4)5/h81-84,89H,6-80H2,1-5H3,(H,94,95)(H,96,97)/t82-,83+,84+/m0/s1. The smallest absolute Gasteiger partial charge is 0.462 e. The van der Waals surface area contributed by atoms with Crippen LogP contribution in [-0.2, 0) is 65.4 Å². The lowest BCUT2D eigenvalue weighted by atomic mass is 10.0. The SMILES string of the molecule is CCCCCCCCCCCCCCCCCCCCCCCCC(=O)O[C@H](COC(=O)CCCCCCCCCCCCCCCCCCCC)COP(=O)(O)OC[C@@H](O)COP(=O)(O)OC[C@@H](COC(=O)CCCCCCCCCCCCCC)OC(=O)CCCCCCCCCCCCCCC(C)C. The van der Waals surface area contributed by atoms with Gasteiger partial charge in [-0.25, -0.2) is 9.13 Å². The minimum atomic E-state index is -4.97. The second kappa shape index (κ2) is 80.7. The van der Waals surface area contributed by atoms with Gasteiger partial charge in [-0.05, 0) is 31.6 Å². The number of carbonyl (C=O) groups is 4. The molecule has 0 aliphatic rings. The molecular formula is C88H172O17P2. The normalized spacial score (nSPS) is 13.7. The van der Waals surface area contributed by atoms with E-state index in [1.54, 1.807) is 0 Å². The molecule has 0 aromatic carbocycles. The summed E-state index contributed by atoms with van der Waals surface area (Å²) in [5, 5.41) is 10.7. The highest BCUT2D eigenvalue weighted by Gasteiger charge is 2.30. The highest BCUT2D eigenvalue weighted by Crippen LogP contribution is 2.45. The zero-order chi connectivity index (χ0) is 78.3. The maximum absolute atomic E-state index is 13.2. The maximum Gasteiger partial charge on any atom is 0.472 e. The topological polar surface area (TPSA) is 237 Å². The Hall–Kier alpha value is -1.94. The molecule has 2 unspecified atom stereocenters. The molecule has 0 saturated heterocycles. The van der Waals surface area contributed by atoms with Gasteiger partial charge in [0.2, 0.25) is 0 Å². The largest absolute Gasteiger partial charge is 0.472 e. The first kappa shape index (κ1) is 105. The van der Waals surface area contributed by atoms with Crippen LogP contribution in [-0.4, -0.2) is 96.7 Å². The minimum Gasteiger partial charge on any atom is -0.462 e. The fraction of sp³-hybridized carbons (Fsp3) is 0.955. The Balaban J connectivity index is 5.24. The van der Waals surface area contributed by atoms with Crippen molar-refractivity contribution in [3.8, 4) is 0 Å². The summed E-state index contributed by atoms with van der Waals surface area (Å²) >= 11 is 0. The molecule has 636 valence electrons. The third kappa shape index (κ3) is 81.9. The predicted molar refractivity (Wildman–Crippen MR) is 442 cm³/mol. The molecule has 5 atom stereocenters. The molecule has 0 aliphatic heterocycles. The van der Waals surface area contributed by atoms with Gasteiger partial charge in [-0.2, -0.15) is 0 Å². The number of aliphatic hydroxyl groups is 1. The highest BCUT2D eigenvalue weighted by atomic mass is 31.2. The molecule has 3 N–H and O–H groups in total. The van der Waals surface area contributed by atoms with Crippen LogP contribution in [0.3, 0.4) is 0 Å². The number of esters is 4. The van der Waals surface area contributed by atoms with Crippen molar-refractivity contribution >= 4 is 39.5 Å². The molecule has 0 amide bonds. The fourth-order valence-corrected chi connectivity index (χ4v) is 15.4. The van der Waals surface area contributed by atoms with E-state index in [0.29, 0.717) is 25.7 Å². The van der Waals surface area contributed by atoms with Crippen LogP contribution in [0.25, 0.3) is 0 Å². The van der Waals surface area contributed by atoms with Crippen LogP contribution >= 0.6 is 15.6 Å². The molecular weight excluding hydrogens is 1390 g/mol. The van der Waals surface area contributed by atoms with E-state index in [0.717, 1.165) is 95.8 Å². The second-order valence-corrected chi connectivity index (χ2v) is 35.0. The Bertz CT molecular complexity index is 2030. The van der Waals surface area contributed by atoms with Gasteiger partial charge in [-0.3, -0.25) is 37.3 Å². The zero-order valence-corrected chi connectivity index (χ0v) is 72.1. The predicted octanol–water partition coefficient (Wildman–Crippen LogP) is 27.2. The molecule has 0 aromatic rings. The van der Waals surface area contributed by atoms with Crippen molar-refractivity contribution in [3.63, 3.8) is 0 Å². The number of carbonyl (C=O) groups excluding carboxylic acids is 4. The van der Waals surface area contributed by atoms with Crippen LogP contribution in [0.2, 0.25) is 0 Å². The Morgan fingerprint density at radius 3 is 0.636 bits per heavy atom. The lowest BCUT2D eigenvalue weighted by Crippen LogP contribution is -2.30. The Kier molecular flexibility index (Phi) is 79.2. The van der Waals surface area contributed by atoms with Gasteiger partial charge >= 0.3 is 39.5 Å². The van der Waals surface area contributed by atoms with Crippen LogP contribution in [0.15, 0.2) is 0 Å². The summed E-state index contributed by atoms with van der Waals surface area (Å²) in [6, 6.07) is 0. The minimum absolute atomic E-state index is 0.108. The first-order valence-electron chi connectivity index (χ1n) is 45.6. The van der Waals surface area contributed by atoms with E-state index in [1.165, 1.54) is 302 Å². The molecule has 19 heteroatoms. The first-order valence-corrected chi connectivity index (χ1v) is 48.6. The summed E-state index contributed by atoms with van der Waals surface area (Å²) in [5.74, 6) is -1.32. The van der Waals surface area contributed by atoms with E-state index in [4.69, 9.17) is 37.0 Å². The molecule has 0 spiro atoms. The number of rotatable bonds is 88. The molecule has 0 saturated carbocycles.